The lowest BCUT2D eigenvalue weighted by Gasteiger charge is -2.01. The van der Waals surface area contributed by atoms with E-state index >= 15 is 0 Å². The first-order valence-corrected chi connectivity index (χ1v) is 6.58. The maximum absolute atomic E-state index is 5.39. The zero-order chi connectivity index (χ0) is 11.8. The summed E-state index contributed by atoms with van der Waals surface area (Å²) >= 11 is 7.03. The maximum atomic E-state index is 5.39. The quantitative estimate of drug-likeness (QED) is 0.658. The molecule has 0 atom stereocenters. The Balaban J connectivity index is 2.30. The van der Waals surface area contributed by atoms with Gasteiger partial charge in [0, 0.05) is 10.9 Å². The molecule has 0 unspecified atom stereocenters. The maximum Gasteiger partial charge on any atom is 0.140 e. The number of fused-ring (bicyclic) bond motifs is 1. The van der Waals surface area contributed by atoms with E-state index in [0.29, 0.717) is 0 Å². The van der Waals surface area contributed by atoms with Crippen molar-refractivity contribution in [3.8, 4) is 11.4 Å². The molecule has 1 N–H and O–H groups in total. The summed E-state index contributed by atoms with van der Waals surface area (Å²) in [5.74, 6) is 0.838. The van der Waals surface area contributed by atoms with Gasteiger partial charge in [-0.1, -0.05) is 42.5 Å². The van der Waals surface area contributed by atoms with Gasteiger partial charge in [-0.3, -0.25) is 0 Å². The molecule has 84 valence electrons. The lowest BCUT2D eigenvalue weighted by Crippen LogP contribution is -1.89. The van der Waals surface area contributed by atoms with Crippen molar-refractivity contribution in [3.05, 3.63) is 45.9 Å². The van der Waals surface area contributed by atoms with E-state index in [1.165, 1.54) is 5.56 Å². The van der Waals surface area contributed by atoms with E-state index in [1.54, 1.807) is 11.3 Å². The lowest BCUT2D eigenvalue weighted by molar-refractivity contribution is 1.22. The highest BCUT2D eigenvalue weighted by molar-refractivity contribution is 7.71. The van der Waals surface area contributed by atoms with E-state index in [2.05, 4.69) is 22.3 Å². The highest BCUT2D eigenvalue weighted by Gasteiger charge is 2.07. The van der Waals surface area contributed by atoms with Crippen LogP contribution in [0.3, 0.4) is 0 Å². The summed E-state index contributed by atoms with van der Waals surface area (Å²) in [6.45, 7) is 2.06. The second-order valence-corrected chi connectivity index (χ2v) is 5.15. The molecular weight excluding hydrogens is 248 g/mol. The summed E-state index contributed by atoms with van der Waals surface area (Å²) in [5.41, 5.74) is 2.25. The Labute approximate surface area is 108 Å². The number of nitrogens with one attached hydrogen (secondary N) is 1. The van der Waals surface area contributed by atoms with Gasteiger partial charge in [0.15, 0.2) is 0 Å². The molecule has 0 fully saturated rings. The highest BCUT2D eigenvalue weighted by atomic mass is 32.1. The van der Waals surface area contributed by atoms with Gasteiger partial charge in [-0.15, -0.1) is 11.3 Å². The predicted molar refractivity (Wildman–Crippen MR) is 75.0 cm³/mol. The minimum Gasteiger partial charge on any atom is -0.330 e. The van der Waals surface area contributed by atoms with E-state index in [0.717, 1.165) is 26.2 Å². The predicted octanol–water partition coefficient (Wildman–Crippen LogP) is 4.33. The van der Waals surface area contributed by atoms with Crippen LogP contribution in [0.1, 0.15) is 5.56 Å². The first kappa shape index (κ1) is 10.6. The molecule has 0 spiro atoms. The molecule has 3 rings (SSSR count). The van der Waals surface area contributed by atoms with Crippen LogP contribution in [0.25, 0.3) is 21.6 Å². The third-order valence-electron chi connectivity index (χ3n) is 2.68. The number of rotatable bonds is 1. The van der Waals surface area contributed by atoms with Crippen LogP contribution in [0.2, 0.25) is 0 Å². The monoisotopic (exact) mass is 258 g/mol. The average Bonchev–Trinajstić information content (AvgIpc) is 2.73. The molecule has 0 amide bonds. The molecule has 0 bridgehead atoms. The van der Waals surface area contributed by atoms with E-state index in [-0.39, 0.29) is 0 Å². The lowest BCUT2D eigenvalue weighted by atomic mass is 10.2. The van der Waals surface area contributed by atoms with Crippen molar-refractivity contribution in [3.63, 3.8) is 0 Å². The third-order valence-corrected chi connectivity index (χ3v) is 3.97. The van der Waals surface area contributed by atoms with Crippen molar-refractivity contribution in [2.24, 2.45) is 0 Å². The normalized spacial score (nSPS) is 10.9. The molecule has 1 aromatic carbocycles. The molecule has 0 aliphatic heterocycles. The molecule has 0 aliphatic rings. The van der Waals surface area contributed by atoms with Gasteiger partial charge in [-0.25, -0.2) is 4.98 Å². The Morgan fingerprint density at radius 1 is 1.24 bits per heavy atom. The van der Waals surface area contributed by atoms with Gasteiger partial charge < -0.3 is 4.98 Å². The fourth-order valence-corrected chi connectivity index (χ4v) is 3.17. The first-order valence-electron chi connectivity index (χ1n) is 5.29. The van der Waals surface area contributed by atoms with Crippen LogP contribution in [0.5, 0.6) is 0 Å². The minimum atomic E-state index is 0.771. The topological polar surface area (TPSA) is 28.7 Å². The SMILES string of the molecule is Cc1csc2nc(-c3ccccc3)[nH]c(=S)c12. The van der Waals surface area contributed by atoms with Crippen molar-refractivity contribution < 1.29 is 0 Å². The Hall–Kier alpha value is -1.52. The summed E-state index contributed by atoms with van der Waals surface area (Å²) in [4.78, 5) is 8.83. The number of hydrogen-bond acceptors (Lipinski definition) is 3. The Morgan fingerprint density at radius 3 is 2.76 bits per heavy atom. The minimum absolute atomic E-state index is 0.771. The van der Waals surface area contributed by atoms with Gasteiger partial charge in [0.05, 0.1) is 0 Å². The summed E-state index contributed by atoms with van der Waals surface area (Å²) in [7, 11) is 0. The zero-order valence-corrected chi connectivity index (χ0v) is 10.9. The van der Waals surface area contributed by atoms with Crippen LogP contribution in [-0.2, 0) is 0 Å². The second-order valence-electron chi connectivity index (χ2n) is 3.88. The molecule has 3 aromatic rings. The Bertz CT molecular complexity index is 726. The van der Waals surface area contributed by atoms with E-state index in [9.17, 15) is 0 Å². The Morgan fingerprint density at radius 2 is 2.00 bits per heavy atom. The van der Waals surface area contributed by atoms with Crippen LogP contribution < -0.4 is 0 Å². The number of hydrogen-bond donors (Lipinski definition) is 1. The fourth-order valence-electron chi connectivity index (χ4n) is 1.82. The third kappa shape index (κ3) is 1.79. The number of benzene rings is 1. The number of thiophene rings is 1. The molecule has 17 heavy (non-hydrogen) atoms. The van der Waals surface area contributed by atoms with Crippen molar-refractivity contribution in [1.29, 1.82) is 0 Å². The van der Waals surface area contributed by atoms with E-state index in [1.807, 2.05) is 30.3 Å². The van der Waals surface area contributed by atoms with Crippen molar-refractivity contribution in [2.45, 2.75) is 6.92 Å². The van der Waals surface area contributed by atoms with Crippen LogP contribution in [0.4, 0.5) is 0 Å². The van der Waals surface area contributed by atoms with Gasteiger partial charge in [0.2, 0.25) is 0 Å². The molecule has 2 aromatic heterocycles. The zero-order valence-electron chi connectivity index (χ0n) is 9.23. The van der Waals surface area contributed by atoms with E-state index in [4.69, 9.17) is 12.2 Å². The van der Waals surface area contributed by atoms with Crippen molar-refractivity contribution in [2.75, 3.05) is 0 Å². The fraction of sp³-hybridized carbons (Fsp3) is 0.0769. The first-order chi connectivity index (χ1) is 8.25. The molecular formula is C13H10N2S2. The Kier molecular flexibility index (Phi) is 2.53. The van der Waals surface area contributed by atoms with Crippen LogP contribution >= 0.6 is 23.6 Å². The molecule has 4 heteroatoms. The van der Waals surface area contributed by atoms with Gasteiger partial charge >= 0.3 is 0 Å². The highest BCUT2D eigenvalue weighted by Crippen LogP contribution is 2.26. The molecule has 0 radical (unpaired) electrons. The molecule has 0 saturated heterocycles. The number of aryl methyl sites for hydroxylation is 1. The van der Waals surface area contributed by atoms with Crippen molar-refractivity contribution in [1.82, 2.24) is 9.97 Å². The van der Waals surface area contributed by atoms with Crippen LogP contribution in [0, 0.1) is 11.6 Å². The summed E-state index contributed by atoms with van der Waals surface area (Å²) < 4.78 is 0.771. The largest absolute Gasteiger partial charge is 0.330 e. The smallest absolute Gasteiger partial charge is 0.140 e. The number of H-pyrrole nitrogens is 1. The number of nitrogens with zero attached hydrogens (tertiary/aromatic N) is 1. The van der Waals surface area contributed by atoms with Gasteiger partial charge in [-0.05, 0) is 17.9 Å². The van der Waals surface area contributed by atoms with Crippen LogP contribution in [0.15, 0.2) is 35.7 Å². The average molecular weight is 258 g/mol. The standard InChI is InChI=1S/C13H10N2S2/c1-8-7-17-13-10(8)12(16)14-11(15-13)9-5-3-2-4-6-9/h2-7H,1H3,(H,14,15,16). The van der Waals surface area contributed by atoms with Crippen molar-refractivity contribution >= 4 is 33.8 Å². The summed E-state index contributed by atoms with van der Waals surface area (Å²) in [6, 6.07) is 10.0. The van der Waals surface area contributed by atoms with Gasteiger partial charge in [0.25, 0.3) is 0 Å². The van der Waals surface area contributed by atoms with Crippen LogP contribution in [-0.4, -0.2) is 9.97 Å². The number of aromatic nitrogens is 2. The molecule has 2 heterocycles. The molecule has 2 nitrogen and oxygen atoms in total. The second kappa shape index (κ2) is 4.05. The molecule has 0 aliphatic carbocycles. The number of aromatic amines is 1. The van der Waals surface area contributed by atoms with Gasteiger partial charge in [0.1, 0.15) is 15.3 Å². The summed E-state index contributed by atoms with van der Waals surface area (Å²) in [6.07, 6.45) is 0. The van der Waals surface area contributed by atoms with E-state index < -0.39 is 0 Å². The molecule has 0 saturated carbocycles. The van der Waals surface area contributed by atoms with Gasteiger partial charge in [-0.2, -0.15) is 0 Å². The summed E-state index contributed by atoms with van der Waals surface area (Å²) in [5, 5.41) is 3.17.